The van der Waals surface area contributed by atoms with Gasteiger partial charge in [-0.3, -0.25) is 10.2 Å². The van der Waals surface area contributed by atoms with E-state index in [0.29, 0.717) is 5.25 Å². The second kappa shape index (κ2) is 5.07. The standard InChI is InChI=1S/C9H14N2O2S/c1-6(2)14-5-7-3-4-8(13-7)9(12)11-10/h3-4,6H,5,10H2,1-2H3,(H,11,12). The summed E-state index contributed by atoms with van der Waals surface area (Å²) in [7, 11) is 0. The minimum Gasteiger partial charge on any atom is -0.455 e. The van der Waals surface area contributed by atoms with Crippen LogP contribution in [0.5, 0.6) is 0 Å². The van der Waals surface area contributed by atoms with E-state index >= 15 is 0 Å². The Hall–Kier alpha value is -0.940. The normalized spacial score (nSPS) is 10.6. The Balaban J connectivity index is 2.55. The fourth-order valence-electron chi connectivity index (χ4n) is 0.897. The number of nitrogens with one attached hydrogen (secondary N) is 1. The molecule has 0 saturated carbocycles. The van der Waals surface area contributed by atoms with Crippen LogP contribution in [-0.2, 0) is 5.75 Å². The molecule has 1 amide bonds. The summed E-state index contributed by atoms with van der Waals surface area (Å²) < 4.78 is 5.27. The van der Waals surface area contributed by atoms with E-state index in [1.807, 2.05) is 5.43 Å². The first-order valence-corrected chi connectivity index (χ1v) is 5.39. The Bertz CT molecular complexity index is 310. The van der Waals surface area contributed by atoms with Crippen molar-refractivity contribution in [1.82, 2.24) is 5.43 Å². The molecule has 0 aromatic carbocycles. The Kier molecular flexibility index (Phi) is 4.03. The molecule has 0 saturated heterocycles. The first kappa shape index (κ1) is 11.1. The lowest BCUT2D eigenvalue weighted by Gasteiger charge is -2.01. The van der Waals surface area contributed by atoms with E-state index in [2.05, 4.69) is 13.8 Å². The van der Waals surface area contributed by atoms with Gasteiger partial charge in [0.1, 0.15) is 5.76 Å². The van der Waals surface area contributed by atoms with Gasteiger partial charge in [-0.1, -0.05) is 13.8 Å². The predicted octanol–water partition coefficient (Wildman–Crippen LogP) is 1.52. The molecule has 0 radical (unpaired) electrons. The van der Waals surface area contributed by atoms with Crippen molar-refractivity contribution >= 4 is 17.7 Å². The van der Waals surface area contributed by atoms with Crippen LogP contribution in [0, 0.1) is 0 Å². The van der Waals surface area contributed by atoms with Gasteiger partial charge in [0, 0.05) is 0 Å². The molecule has 5 heteroatoms. The van der Waals surface area contributed by atoms with Gasteiger partial charge in [0.2, 0.25) is 0 Å². The van der Waals surface area contributed by atoms with Crippen molar-refractivity contribution in [2.45, 2.75) is 24.9 Å². The van der Waals surface area contributed by atoms with Gasteiger partial charge in [-0.05, 0) is 17.4 Å². The fraction of sp³-hybridized carbons (Fsp3) is 0.444. The zero-order valence-electron chi connectivity index (χ0n) is 8.24. The van der Waals surface area contributed by atoms with Crippen LogP contribution in [0.3, 0.4) is 0 Å². The minimum atomic E-state index is -0.397. The molecule has 0 bridgehead atoms. The summed E-state index contributed by atoms with van der Waals surface area (Å²) in [4.78, 5) is 11.0. The van der Waals surface area contributed by atoms with Gasteiger partial charge in [0.25, 0.3) is 0 Å². The summed E-state index contributed by atoms with van der Waals surface area (Å²) >= 11 is 1.76. The third-order valence-electron chi connectivity index (χ3n) is 1.58. The number of carbonyl (C=O) groups excluding carboxylic acids is 1. The molecule has 1 rings (SSSR count). The van der Waals surface area contributed by atoms with Gasteiger partial charge in [-0.2, -0.15) is 11.8 Å². The smallest absolute Gasteiger partial charge is 0.300 e. The molecule has 1 heterocycles. The lowest BCUT2D eigenvalue weighted by atomic mass is 10.4. The van der Waals surface area contributed by atoms with Crippen LogP contribution in [0.25, 0.3) is 0 Å². The predicted molar refractivity (Wildman–Crippen MR) is 56.8 cm³/mol. The molecule has 0 aliphatic heterocycles. The molecule has 4 nitrogen and oxygen atoms in total. The highest BCUT2D eigenvalue weighted by Crippen LogP contribution is 2.18. The molecule has 1 aromatic rings. The van der Waals surface area contributed by atoms with Gasteiger partial charge in [0.05, 0.1) is 5.75 Å². The average Bonchev–Trinajstić information content (AvgIpc) is 2.62. The van der Waals surface area contributed by atoms with Crippen LogP contribution < -0.4 is 11.3 Å². The number of hydrogen-bond acceptors (Lipinski definition) is 4. The van der Waals surface area contributed by atoms with Crippen molar-refractivity contribution in [3.05, 3.63) is 23.7 Å². The topological polar surface area (TPSA) is 68.3 Å². The van der Waals surface area contributed by atoms with Gasteiger partial charge in [-0.15, -0.1) is 0 Å². The van der Waals surface area contributed by atoms with Crippen molar-refractivity contribution in [3.8, 4) is 0 Å². The zero-order valence-corrected chi connectivity index (χ0v) is 9.06. The Labute approximate surface area is 87.2 Å². The van der Waals surface area contributed by atoms with Crippen molar-refractivity contribution in [2.24, 2.45) is 5.84 Å². The summed E-state index contributed by atoms with van der Waals surface area (Å²) in [5.41, 5.74) is 2.02. The van der Waals surface area contributed by atoms with Crippen molar-refractivity contribution < 1.29 is 9.21 Å². The highest BCUT2D eigenvalue weighted by molar-refractivity contribution is 7.99. The average molecular weight is 214 g/mol. The van der Waals surface area contributed by atoms with Crippen LogP contribution in [0.2, 0.25) is 0 Å². The molecule has 14 heavy (non-hydrogen) atoms. The summed E-state index contributed by atoms with van der Waals surface area (Å²) in [5, 5.41) is 0.548. The molecular formula is C9H14N2O2S. The van der Waals surface area contributed by atoms with E-state index in [-0.39, 0.29) is 5.76 Å². The van der Waals surface area contributed by atoms with Crippen molar-refractivity contribution in [1.29, 1.82) is 0 Å². The summed E-state index contributed by atoms with van der Waals surface area (Å²) in [6.07, 6.45) is 0. The minimum absolute atomic E-state index is 0.256. The molecule has 0 aliphatic carbocycles. The van der Waals surface area contributed by atoms with Crippen molar-refractivity contribution in [3.63, 3.8) is 0 Å². The second-order valence-corrected chi connectivity index (χ2v) is 4.66. The lowest BCUT2D eigenvalue weighted by Crippen LogP contribution is -2.29. The zero-order chi connectivity index (χ0) is 10.6. The summed E-state index contributed by atoms with van der Waals surface area (Å²) in [6, 6.07) is 3.42. The van der Waals surface area contributed by atoms with Gasteiger partial charge in [0.15, 0.2) is 5.76 Å². The molecule has 0 atom stereocenters. The first-order chi connectivity index (χ1) is 6.63. The number of hydrogen-bond donors (Lipinski definition) is 2. The molecule has 78 valence electrons. The van der Waals surface area contributed by atoms with E-state index in [4.69, 9.17) is 10.3 Å². The van der Waals surface area contributed by atoms with Crippen molar-refractivity contribution in [2.75, 3.05) is 0 Å². The number of amides is 1. The monoisotopic (exact) mass is 214 g/mol. The number of nitrogen functional groups attached to an aromatic ring is 1. The van der Waals surface area contributed by atoms with Crippen LogP contribution >= 0.6 is 11.8 Å². The Morgan fingerprint density at radius 1 is 1.64 bits per heavy atom. The number of carbonyl (C=O) groups is 1. The number of nitrogens with two attached hydrogens (primary N) is 1. The molecule has 0 unspecified atom stereocenters. The quantitative estimate of drug-likeness (QED) is 0.453. The molecule has 1 aromatic heterocycles. The highest BCUT2D eigenvalue weighted by Gasteiger charge is 2.09. The molecule has 3 N–H and O–H groups in total. The third-order valence-corrected chi connectivity index (χ3v) is 2.69. The van der Waals surface area contributed by atoms with E-state index < -0.39 is 5.91 Å². The number of rotatable bonds is 4. The largest absolute Gasteiger partial charge is 0.455 e. The molecule has 0 aliphatic rings. The van der Waals surface area contributed by atoms with Crippen LogP contribution in [0.4, 0.5) is 0 Å². The summed E-state index contributed by atoms with van der Waals surface area (Å²) in [5.74, 6) is 6.40. The molecule has 0 fully saturated rings. The van der Waals surface area contributed by atoms with E-state index in [1.54, 1.807) is 23.9 Å². The van der Waals surface area contributed by atoms with Gasteiger partial charge >= 0.3 is 5.91 Å². The lowest BCUT2D eigenvalue weighted by molar-refractivity contribution is 0.0924. The summed E-state index contributed by atoms with van der Waals surface area (Å²) in [6.45, 7) is 4.22. The first-order valence-electron chi connectivity index (χ1n) is 4.34. The molecule has 0 spiro atoms. The SMILES string of the molecule is CC(C)SCc1ccc(C(=O)NN)o1. The van der Waals surface area contributed by atoms with Crippen LogP contribution in [0.1, 0.15) is 30.2 Å². The van der Waals surface area contributed by atoms with E-state index in [9.17, 15) is 4.79 Å². The number of hydrazine groups is 1. The maximum atomic E-state index is 11.0. The van der Waals surface area contributed by atoms with Crippen LogP contribution in [0.15, 0.2) is 16.5 Å². The maximum absolute atomic E-state index is 11.0. The van der Waals surface area contributed by atoms with Gasteiger partial charge in [-0.25, -0.2) is 5.84 Å². The van der Waals surface area contributed by atoms with Gasteiger partial charge < -0.3 is 4.42 Å². The number of thioether (sulfide) groups is 1. The van der Waals surface area contributed by atoms with Crippen LogP contribution in [-0.4, -0.2) is 11.2 Å². The fourth-order valence-corrected chi connectivity index (χ4v) is 1.55. The molecular weight excluding hydrogens is 200 g/mol. The second-order valence-electron chi connectivity index (χ2n) is 3.10. The Morgan fingerprint density at radius 3 is 2.93 bits per heavy atom. The Morgan fingerprint density at radius 2 is 2.36 bits per heavy atom. The third kappa shape index (κ3) is 3.08. The number of furan rings is 1. The van der Waals surface area contributed by atoms with E-state index in [0.717, 1.165) is 11.5 Å². The maximum Gasteiger partial charge on any atom is 0.300 e. The highest BCUT2D eigenvalue weighted by atomic mass is 32.2. The van der Waals surface area contributed by atoms with E-state index in [1.165, 1.54) is 0 Å².